The summed E-state index contributed by atoms with van der Waals surface area (Å²) in [4.78, 5) is 46.8. The fourth-order valence-electron chi connectivity index (χ4n) is 3.88. The van der Waals surface area contributed by atoms with Crippen molar-refractivity contribution in [3.8, 4) is 5.75 Å². The van der Waals surface area contributed by atoms with E-state index in [4.69, 9.17) is 14.2 Å². The monoisotopic (exact) mass is 471 g/mol. The van der Waals surface area contributed by atoms with Gasteiger partial charge < -0.3 is 14.2 Å². The van der Waals surface area contributed by atoms with Crippen LogP contribution in [-0.2, 0) is 20.8 Å². The molecule has 0 spiro atoms. The highest BCUT2D eigenvalue weighted by atomic mass is 16.5. The minimum absolute atomic E-state index is 0.119. The van der Waals surface area contributed by atoms with Crippen LogP contribution in [0.1, 0.15) is 42.6 Å². The number of rotatable bonds is 9. The number of methoxy groups -OCH3 is 2. The summed E-state index contributed by atoms with van der Waals surface area (Å²) < 4.78 is 16.9. The van der Waals surface area contributed by atoms with Crippen LogP contribution in [0, 0.1) is 5.92 Å². The molecule has 1 aliphatic rings. The molecule has 1 aromatic heterocycles. The van der Waals surface area contributed by atoms with Gasteiger partial charge in [-0.15, -0.1) is 0 Å². The molecule has 34 heavy (non-hydrogen) atoms. The van der Waals surface area contributed by atoms with Crippen LogP contribution in [0.4, 0.5) is 11.6 Å². The quantitative estimate of drug-likeness (QED) is 0.419. The van der Waals surface area contributed by atoms with Gasteiger partial charge >= 0.3 is 11.7 Å². The molecule has 0 radical (unpaired) electrons. The Balaban J connectivity index is 1.99. The molecule has 3 rings (SSSR count). The van der Waals surface area contributed by atoms with Gasteiger partial charge in [-0.05, 0) is 38.1 Å². The first kappa shape index (κ1) is 24.9. The van der Waals surface area contributed by atoms with Crippen LogP contribution in [0.25, 0.3) is 0 Å². The molecule has 2 atom stereocenters. The summed E-state index contributed by atoms with van der Waals surface area (Å²) in [5, 5.41) is 0. The fourth-order valence-corrected chi connectivity index (χ4v) is 3.88. The molecule has 182 valence electrons. The lowest BCUT2D eigenvalue weighted by Gasteiger charge is -2.30. The zero-order valence-corrected chi connectivity index (χ0v) is 19.9. The number of ether oxygens (including phenoxy) is 3. The number of carbonyl (C=O) groups is 2. The zero-order valence-electron chi connectivity index (χ0n) is 19.9. The Labute approximate surface area is 197 Å². The molecule has 0 aliphatic carbocycles. The molecule has 11 heteroatoms. The molecule has 1 aromatic carbocycles. The molecule has 2 unspecified atom stereocenters. The number of nitrogens with one attached hydrogen (secondary N) is 2. The Morgan fingerprint density at radius 2 is 1.88 bits per heavy atom. The van der Waals surface area contributed by atoms with Gasteiger partial charge in [0.15, 0.2) is 5.82 Å². The highest BCUT2D eigenvalue weighted by Gasteiger charge is 2.38. The third-order valence-electron chi connectivity index (χ3n) is 5.58. The fraction of sp³-hybridized carbons (Fsp3) is 0.435. The van der Waals surface area contributed by atoms with Crippen LogP contribution in [0.2, 0.25) is 0 Å². The third-order valence-corrected chi connectivity index (χ3v) is 5.58. The molecule has 0 saturated carbocycles. The van der Waals surface area contributed by atoms with Crippen LogP contribution in [-0.4, -0.2) is 54.6 Å². The number of anilines is 1. The molecule has 2 N–H and O–H groups in total. The van der Waals surface area contributed by atoms with Crippen molar-refractivity contribution in [3.63, 3.8) is 0 Å². The lowest BCUT2D eigenvalue weighted by atomic mass is 9.82. The molecule has 11 nitrogen and oxygen atoms in total. The summed E-state index contributed by atoms with van der Waals surface area (Å²) in [7, 11) is 3.07. The van der Waals surface area contributed by atoms with E-state index < -0.39 is 29.4 Å². The Hall–Kier alpha value is -3.73. The van der Waals surface area contributed by atoms with E-state index in [1.807, 2.05) is 6.92 Å². The zero-order chi connectivity index (χ0) is 24.8. The SMILES string of the molecule is CCOC(=O)C1C(C)=Nc2c(c(NNC(=O)c3ccc(OC)cc3)nc(=O)n2CCOC)C1C. The molecule has 1 aliphatic heterocycles. The van der Waals surface area contributed by atoms with Gasteiger partial charge in [-0.3, -0.25) is 25.0 Å². The topological polar surface area (TPSA) is 133 Å². The molecule has 0 fully saturated rings. The van der Waals surface area contributed by atoms with E-state index in [1.165, 1.54) is 18.8 Å². The standard InChI is InChI=1S/C23H29N5O6/c1-6-34-22(30)17-13(2)18-19(26-27-21(29)15-7-9-16(33-5)10-8-15)25-23(31)28(11-12-32-4)20(18)24-14(17)3/h7-10,13,17H,6,11-12H2,1-5H3,(H,27,29)(H,25,26,31). The van der Waals surface area contributed by atoms with Gasteiger partial charge in [0.2, 0.25) is 0 Å². The Morgan fingerprint density at radius 1 is 1.18 bits per heavy atom. The normalized spacial score (nSPS) is 16.8. The van der Waals surface area contributed by atoms with E-state index in [9.17, 15) is 14.4 Å². The van der Waals surface area contributed by atoms with E-state index in [2.05, 4.69) is 20.8 Å². The number of benzene rings is 1. The maximum absolute atomic E-state index is 12.8. The predicted octanol–water partition coefficient (Wildman–Crippen LogP) is 2.04. The second kappa shape index (κ2) is 10.9. The molecule has 1 amide bonds. The number of hydrogen-bond acceptors (Lipinski definition) is 9. The van der Waals surface area contributed by atoms with Crippen molar-refractivity contribution in [2.24, 2.45) is 10.9 Å². The summed E-state index contributed by atoms with van der Waals surface area (Å²) in [5.41, 5.74) is 6.19. The lowest BCUT2D eigenvalue weighted by molar-refractivity contribution is -0.146. The van der Waals surface area contributed by atoms with Crippen LogP contribution in [0.5, 0.6) is 5.75 Å². The second-order valence-electron chi connectivity index (χ2n) is 7.70. The summed E-state index contributed by atoms with van der Waals surface area (Å²) in [6.45, 7) is 6.04. The van der Waals surface area contributed by atoms with Gasteiger partial charge in [0.05, 0.1) is 26.9 Å². The van der Waals surface area contributed by atoms with Crippen molar-refractivity contribution >= 4 is 29.2 Å². The van der Waals surface area contributed by atoms with Crippen LogP contribution in [0.3, 0.4) is 0 Å². The molecule has 0 bridgehead atoms. The minimum atomic E-state index is -0.652. The first-order chi connectivity index (χ1) is 16.3. The number of aliphatic imine (C=N–C) groups is 1. The van der Waals surface area contributed by atoms with E-state index in [1.54, 1.807) is 38.1 Å². The average Bonchev–Trinajstić information content (AvgIpc) is 2.82. The number of carbonyl (C=O) groups excluding carboxylic acids is 2. The Bertz CT molecular complexity index is 1140. The van der Waals surface area contributed by atoms with E-state index in [-0.39, 0.29) is 25.6 Å². The summed E-state index contributed by atoms with van der Waals surface area (Å²) in [5.74, 6) is -0.824. The van der Waals surface area contributed by atoms with Crippen molar-refractivity contribution in [2.75, 3.05) is 32.9 Å². The van der Waals surface area contributed by atoms with Crippen molar-refractivity contribution in [1.29, 1.82) is 0 Å². The number of fused-ring (bicyclic) bond motifs is 1. The number of amides is 1. The maximum atomic E-state index is 12.8. The van der Waals surface area contributed by atoms with E-state index in [0.717, 1.165) is 0 Å². The number of hydrazine groups is 1. The number of nitrogens with zero attached hydrogens (tertiary/aromatic N) is 3. The van der Waals surface area contributed by atoms with Gasteiger partial charge in [0, 0.05) is 29.9 Å². The molecule has 2 aromatic rings. The summed E-state index contributed by atoms with van der Waals surface area (Å²) in [6, 6.07) is 6.54. The van der Waals surface area contributed by atoms with Gasteiger partial charge in [-0.1, -0.05) is 6.92 Å². The molecule has 0 saturated heterocycles. The summed E-state index contributed by atoms with van der Waals surface area (Å²) in [6.07, 6.45) is 0. The van der Waals surface area contributed by atoms with Crippen molar-refractivity contribution in [1.82, 2.24) is 15.0 Å². The van der Waals surface area contributed by atoms with Gasteiger partial charge in [-0.25, -0.2) is 9.79 Å². The number of hydrogen-bond donors (Lipinski definition) is 2. The molecular formula is C23H29N5O6. The van der Waals surface area contributed by atoms with Crippen LogP contribution < -0.4 is 21.3 Å². The predicted molar refractivity (Wildman–Crippen MR) is 126 cm³/mol. The van der Waals surface area contributed by atoms with E-state index >= 15 is 0 Å². The van der Waals surface area contributed by atoms with Crippen LogP contribution in [0.15, 0.2) is 34.1 Å². The van der Waals surface area contributed by atoms with Gasteiger partial charge in [0.25, 0.3) is 5.91 Å². The van der Waals surface area contributed by atoms with E-state index in [0.29, 0.717) is 28.4 Å². The average molecular weight is 472 g/mol. The first-order valence-corrected chi connectivity index (χ1v) is 10.9. The molecule has 2 heterocycles. The third kappa shape index (κ3) is 5.09. The van der Waals surface area contributed by atoms with Crippen molar-refractivity contribution in [2.45, 2.75) is 33.2 Å². The highest BCUT2D eigenvalue weighted by molar-refractivity contribution is 6.04. The number of esters is 1. The Kier molecular flexibility index (Phi) is 8.00. The largest absolute Gasteiger partial charge is 0.497 e. The first-order valence-electron chi connectivity index (χ1n) is 10.9. The molecular weight excluding hydrogens is 442 g/mol. The maximum Gasteiger partial charge on any atom is 0.351 e. The van der Waals surface area contributed by atoms with Crippen molar-refractivity contribution in [3.05, 3.63) is 45.9 Å². The summed E-state index contributed by atoms with van der Waals surface area (Å²) >= 11 is 0. The van der Waals surface area contributed by atoms with Gasteiger partial charge in [0.1, 0.15) is 17.5 Å². The van der Waals surface area contributed by atoms with Gasteiger partial charge in [-0.2, -0.15) is 4.98 Å². The number of aromatic nitrogens is 2. The van der Waals surface area contributed by atoms with Crippen molar-refractivity contribution < 1.29 is 23.8 Å². The Morgan fingerprint density at radius 3 is 2.50 bits per heavy atom. The highest BCUT2D eigenvalue weighted by Crippen LogP contribution is 2.41. The smallest absolute Gasteiger partial charge is 0.351 e. The second-order valence-corrected chi connectivity index (χ2v) is 7.70. The lowest BCUT2D eigenvalue weighted by Crippen LogP contribution is -2.38. The van der Waals surface area contributed by atoms with Crippen LogP contribution >= 0.6 is 0 Å². The minimum Gasteiger partial charge on any atom is -0.497 e.